The SMILES string of the molecule is O=C(Nc1cccnc1)N1CC2(CCN(Cc3ccc(C(F)(F)F)cc3)CC2)C1. The van der Waals surface area contributed by atoms with Crippen molar-refractivity contribution in [2.45, 2.75) is 25.6 Å². The molecule has 0 aliphatic carbocycles. The number of benzene rings is 1. The molecule has 2 amide bonds. The first kappa shape index (κ1) is 19.7. The number of piperidine rings is 1. The Bertz CT molecular complexity index is 838. The van der Waals surface area contributed by atoms with Crippen LogP contribution in [-0.2, 0) is 12.7 Å². The van der Waals surface area contributed by atoms with Crippen LogP contribution in [-0.4, -0.2) is 47.0 Å². The Morgan fingerprint density at radius 3 is 2.38 bits per heavy atom. The van der Waals surface area contributed by atoms with Gasteiger partial charge in [-0.25, -0.2) is 4.79 Å². The van der Waals surface area contributed by atoms with E-state index in [-0.39, 0.29) is 11.4 Å². The second-order valence-corrected chi connectivity index (χ2v) is 8.00. The van der Waals surface area contributed by atoms with E-state index in [9.17, 15) is 18.0 Å². The lowest BCUT2D eigenvalue weighted by Crippen LogP contribution is -2.62. The van der Waals surface area contributed by atoms with Gasteiger partial charge in [-0.15, -0.1) is 0 Å². The minimum atomic E-state index is -4.30. The lowest BCUT2D eigenvalue weighted by molar-refractivity contribution is -0.137. The predicted octanol–water partition coefficient (Wildman–Crippen LogP) is 4.23. The number of alkyl halides is 3. The standard InChI is InChI=1S/C21H23F3N4O/c22-21(23,24)17-5-3-16(4-6-17)13-27-10-7-20(8-11-27)14-28(15-20)19(29)26-18-2-1-9-25-12-18/h1-6,9,12H,7-8,10-11,13-15H2,(H,26,29). The molecule has 2 fully saturated rings. The third kappa shape index (κ3) is 4.53. The first-order valence-corrected chi connectivity index (χ1v) is 9.68. The van der Waals surface area contributed by atoms with E-state index in [4.69, 9.17) is 0 Å². The highest BCUT2D eigenvalue weighted by atomic mass is 19.4. The average molecular weight is 404 g/mol. The number of likely N-dealkylation sites (tertiary alicyclic amines) is 2. The maximum atomic E-state index is 12.7. The van der Waals surface area contributed by atoms with Crippen molar-refractivity contribution in [3.05, 3.63) is 59.9 Å². The Labute approximate surface area is 167 Å². The largest absolute Gasteiger partial charge is 0.416 e. The van der Waals surface area contributed by atoms with E-state index >= 15 is 0 Å². The van der Waals surface area contributed by atoms with Gasteiger partial charge < -0.3 is 10.2 Å². The number of aromatic nitrogens is 1. The molecule has 0 bridgehead atoms. The highest BCUT2D eigenvalue weighted by molar-refractivity contribution is 5.89. The molecule has 3 heterocycles. The number of carbonyl (C=O) groups excluding carboxylic acids is 1. The third-order valence-corrected chi connectivity index (χ3v) is 5.86. The van der Waals surface area contributed by atoms with Gasteiger partial charge in [-0.3, -0.25) is 9.88 Å². The Kier molecular flexibility index (Phi) is 5.21. The summed E-state index contributed by atoms with van der Waals surface area (Å²) < 4.78 is 38.0. The zero-order chi connectivity index (χ0) is 20.5. The van der Waals surface area contributed by atoms with E-state index < -0.39 is 11.7 Å². The number of carbonyl (C=O) groups is 1. The highest BCUT2D eigenvalue weighted by Crippen LogP contribution is 2.41. The number of halogens is 3. The minimum absolute atomic E-state index is 0.101. The molecule has 1 aromatic heterocycles. The summed E-state index contributed by atoms with van der Waals surface area (Å²) in [4.78, 5) is 20.4. The maximum Gasteiger partial charge on any atom is 0.416 e. The summed E-state index contributed by atoms with van der Waals surface area (Å²) in [6.07, 6.45) is 0.962. The maximum absolute atomic E-state index is 12.7. The summed E-state index contributed by atoms with van der Waals surface area (Å²) in [6.45, 7) is 3.91. The Balaban J connectivity index is 1.23. The molecule has 0 radical (unpaired) electrons. The molecule has 0 atom stereocenters. The zero-order valence-corrected chi connectivity index (χ0v) is 16.0. The van der Waals surface area contributed by atoms with Gasteiger partial charge in [0.2, 0.25) is 0 Å². The van der Waals surface area contributed by atoms with Crippen LogP contribution in [0.2, 0.25) is 0 Å². The number of hydrogen-bond donors (Lipinski definition) is 1. The molecule has 0 saturated carbocycles. The zero-order valence-electron chi connectivity index (χ0n) is 16.0. The van der Waals surface area contributed by atoms with Gasteiger partial charge in [0.15, 0.2) is 0 Å². The van der Waals surface area contributed by atoms with Gasteiger partial charge in [-0.2, -0.15) is 13.2 Å². The fourth-order valence-corrected chi connectivity index (χ4v) is 4.11. The Morgan fingerprint density at radius 1 is 1.10 bits per heavy atom. The van der Waals surface area contributed by atoms with Crippen molar-refractivity contribution in [2.24, 2.45) is 5.41 Å². The number of nitrogens with zero attached hydrogens (tertiary/aromatic N) is 3. The normalized spacial score (nSPS) is 19.1. The van der Waals surface area contributed by atoms with E-state index in [0.29, 0.717) is 12.2 Å². The van der Waals surface area contributed by atoms with Gasteiger partial charge in [0.05, 0.1) is 17.4 Å². The Morgan fingerprint density at radius 2 is 1.79 bits per heavy atom. The lowest BCUT2D eigenvalue weighted by atomic mass is 9.72. The number of pyridine rings is 1. The molecule has 2 aromatic rings. The Hall–Kier alpha value is -2.61. The fraction of sp³-hybridized carbons (Fsp3) is 0.429. The predicted molar refractivity (Wildman–Crippen MR) is 103 cm³/mol. The van der Waals surface area contributed by atoms with Crippen LogP contribution in [0.4, 0.5) is 23.7 Å². The molecule has 154 valence electrons. The van der Waals surface area contributed by atoms with Crippen molar-refractivity contribution >= 4 is 11.7 Å². The molecule has 1 spiro atoms. The fourth-order valence-electron chi connectivity index (χ4n) is 4.11. The molecule has 4 rings (SSSR count). The second-order valence-electron chi connectivity index (χ2n) is 8.00. The van der Waals surface area contributed by atoms with E-state index in [1.54, 1.807) is 36.7 Å². The van der Waals surface area contributed by atoms with Crippen LogP contribution in [0.1, 0.15) is 24.0 Å². The molecule has 8 heteroatoms. The molecular weight excluding hydrogens is 381 g/mol. The van der Waals surface area contributed by atoms with Crippen LogP contribution in [0.5, 0.6) is 0 Å². The van der Waals surface area contributed by atoms with Crippen molar-refractivity contribution in [3.63, 3.8) is 0 Å². The molecule has 2 saturated heterocycles. The number of nitrogens with one attached hydrogen (secondary N) is 1. The number of hydrogen-bond acceptors (Lipinski definition) is 3. The van der Waals surface area contributed by atoms with Crippen molar-refractivity contribution in [1.82, 2.24) is 14.8 Å². The quantitative estimate of drug-likeness (QED) is 0.833. The topological polar surface area (TPSA) is 48.5 Å². The summed E-state index contributed by atoms with van der Waals surface area (Å²) in [5.74, 6) is 0. The van der Waals surface area contributed by atoms with Crippen LogP contribution in [0.25, 0.3) is 0 Å². The molecule has 5 nitrogen and oxygen atoms in total. The number of rotatable bonds is 3. The first-order valence-electron chi connectivity index (χ1n) is 9.68. The van der Waals surface area contributed by atoms with Crippen molar-refractivity contribution < 1.29 is 18.0 Å². The monoisotopic (exact) mass is 404 g/mol. The minimum Gasteiger partial charge on any atom is -0.323 e. The van der Waals surface area contributed by atoms with Gasteiger partial charge in [0, 0.05) is 31.2 Å². The lowest BCUT2D eigenvalue weighted by Gasteiger charge is -2.53. The van der Waals surface area contributed by atoms with Crippen molar-refractivity contribution in [2.75, 3.05) is 31.5 Å². The van der Waals surface area contributed by atoms with E-state index in [1.165, 1.54) is 0 Å². The second kappa shape index (κ2) is 7.67. The molecule has 2 aliphatic heterocycles. The summed E-state index contributed by atoms with van der Waals surface area (Å²) in [7, 11) is 0. The highest BCUT2D eigenvalue weighted by Gasteiger charge is 2.46. The van der Waals surface area contributed by atoms with Crippen molar-refractivity contribution in [1.29, 1.82) is 0 Å². The number of anilines is 1. The molecular formula is C21H23F3N4O. The molecule has 2 aliphatic rings. The van der Waals surface area contributed by atoms with Gasteiger partial charge >= 0.3 is 12.2 Å². The number of urea groups is 1. The van der Waals surface area contributed by atoms with Crippen molar-refractivity contribution in [3.8, 4) is 0 Å². The summed E-state index contributed by atoms with van der Waals surface area (Å²) in [5, 5.41) is 2.86. The summed E-state index contributed by atoms with van der Waals surface area (Å²) in [6, 6.07) is 8.88. The molecule has 0 unspecified atom stereocenters. The van der Waals surface area contributed by atoms with Gasteiger partial charge in [-0.1, -0.05) is 12.1 Å². The average Bonchev–Trinajstić information content (AvgIpc) is 2.67. The van der Waals surface area contributed by atoms with Crippen LogP contribution in [0.3, 0.4) is 0 Å². The van der Waals surface area contributed by atoms with Crippen LogP contribution in [0, 0.1) is 5.41 Å². The summed E-state index contributed by atoms with van der Waals surface area (Å²) >= 11 is 0. The van der Waals surface area contributed by atoms with E-state index in [0.717, 1.165) is 56.7 Å². The number of amides is 2. The van der Waals surface area contributed by atoms with E-state index in [2.05, 4.69) is 15.2 Å². The summed E-state index contributed by atoms with van der Waals surface area (Å²) in [5.41, 5.74) is 1.13. The van der Waals surface area contributed by atoms with Gasteiger partial charge in [0.25, 0.3) is 0 Å². The smallest absolute Gasteiger partial charge is 0.323 e. The van der Waals surface area contributed by atoms with Crippen LogP contribution < -0.4 is 5.32 Å². The van der Waals surface area contributed by atoms with Gasteiger partial charge in [0.1, 0.15) is 0 Å². The molecule has 29 heavy (non-hydrogen) atoms. The van der Waals surface area contributed by atoms with E-state index in [1.807, 2.05) is 4.90 Å². The third-order valence-electron chi connectivity index (χ3n) is 5.86. The van der Waals surface area contributed by atoms with Crippen LogP contribution in [0.15, 0.2) is 48.8 Å². The van der Waals surface area contributed by atoms with Gasteiger partial charge in [-0.05, 0) is 55.8 Å². The molecule has 1 aromatic carbocycles. The van der Waals surface area contributed by atoms with Crippen LogP contribution >= 0.6 is 0 Å². The molecule has 1 N–H and O–H groups in total. The first-order chi connectivity index (χ1) is 13.8.